The molecule has 0 saturated carbocycles. The molecule has 6 heteroatoms. The molecule has 1 atom stereocenters. The number of nitrogens with zero attached hydrogens (tertiary/aromatic N) is 1. The molecule has 0 bridgehead atoms. The molecule has 1 rings (SSSR count). The van der Waals surface area contributed by atoms with Crippen molar-refractivity contribution in [3.8, 4) is 0 Å². The van der Waals surface area contributed by atoms with Gasteiger partial charge in [-0.1, -0.05) is 26.7 Å². The van der Waals surface area contributed by atoms with E-state index in [4.69, 9.17) is 4.74 Å². The Balaban J connectivity index is 2.31. The second-order valence-corrected chi connectivity index (χ2v) is 5.70. The second-order valence-electron chi connectivity index (χ2n) is 5.70. The van der Waals surface area contributed by atoms with E-state index in [2.05, 4.69) is 12.2 Å². The Hall–Kier alpha value is -1.30. The minimum atomic E-state index is -0.789. The zero-order valence-corrected chi connectivity index (χ0v) is 13.2. The number of aliphatic carboxylic acids is 1. The standard InChI is InChI=1S/C15H28N2O4/c1-3-5-10-21-11-8-16-14(20)17-9-7-15(12-17,6-4-2)13(18)19/h3-12H2,1-2H3,(H,16,20)(H,18,19). The maximum atomic E-state index is 12.0. The number of likely N-dealkylation sites (tertiary alicyclic amines) is 1. The molecule has 0 aromatic heterocycles. The summed E-state index contributed by atoms with van der Waals surface area (Å²) >= 11 is 0. The summed E-state index contributed by atoms with van der Waals surface area (Å²) in [5, 5.41) is 12.2. The molecule has 1 aliphatic heterocycles. The molecule has 0 aromatic carbocycles. The highest BCUT2D eigenvalue weighted by Crippen LogP contribution is 2.35. The lowest BCUT2D eigenvalue weighted by Gasteiger charge is -2.24. The van der Waals surface area contributed by atoms with E-state index >= 15 is 0 Å². The van der Waals surface area contributed by atoms with E-state index < -0.39 is 11.4 Å². The average molecular weight is 300 g/mol. The molecular formula is C15H28N2O4. The van der Waals surface area contributed by atoms with Gasteiger partial charge in [0.2, 0.25) is 0 Å². The number of hydrogen-bond donors (Lipinski definition) is 2. The number of carbonyl (C=O) groups excluding carboxylic acids is 1. The third-order valence-corrected chi connectivity index (χ3v) is 3.99. The number of hydrogen-bond acceptors (Lipinski definition) is 3. The summed E-state index contributed by atoms with van der Waals surface area (Å²) in [5.74, 6) is -0.789. The molecule has 0 radical (unpaired) electrons. The van der Waals surface area contributed by atoms with Crippen LogP contribution in [0.5, 0.6) is 0 Å². The lowest BCUT2D eigenvalue weighted by molar-refractivity contribution is -0.148. The first-order chi connectivity index (χ1) is 10.1. The molecule has 6 nitrogen and oxygen atoms in total. The summed E-state index contributed by atoms with van der Waals surface area (Å²) in [6, 6.07) is -0.187. The van der Waals surface area contributed by atoms with E-state index in [1.165, 1.54) is 0 Å². The topological polar surface area (TPSA) is 78.9 Å². The Labute approximate surface area is 126 Å². The number of urea groups is 1. The number of ether oxygens (including phenoxy) is 1. The van der Waals surface area contributed by atoms with Crippen molar-refractivity contribution in [3.63, 3.8) is 0 Å². The van der Waals surface area contributed by atoms with Crippen LogP contribution in [-0.2, 0) is 9.53 Å². The van der Waals surface area contributed by atoms with Gasteiger partial charge >= 0.3 is 12.0 Å². The van der Waals surface area contributed by atoms with Crippen LogP contribution in [0.3, 0.4) is 0 Å². The number of unbranched alkanes of at least 4 members (excludes halogenated alkanes) is 1. The summed E-state index contributed by atoms with van der Waals surface area (Å²) in [7, 11) is 0. The highest BCUT2D eigenvalue weighted by molar-refractivity contribution is 5.79. The number of amides is 2. The molecule has 2 N–H and O–H groups in total. The molecule has 1 heterocycles. The second kappa shape index (κ2) is 8.87. The normalized spacial score (nSPS) is 21.5. The van der Waals surface area contributed by atoms with Crippen molar-refractivity contribution in [1.29, 1.82) is 0 Å². The number of carboxylic acids is 1. The Morgan fingerprint density at radius 3 is 2.67 bits per heavy atom. The van der Waals surface area contributed by atoms with Gasteiger partial charge in [-0.15, -0.1) is 0 Å². The molecule has 1 saturated heterocycles. The van der Waals surface area contributed by atoms with Gasteiger partial charge in [-0.2, -0.15) is 0 Å². The number of rotatable bonds is 9. The summed E-state index contributed by atoms with van der Waals surface area (Å²) in [6.45, 7) is 6.57. The summed E-state index contributed by atoms with van der Waals surface area (Å²) in [4.78, 5) is 25.1. The van der Waals surface area contributed by atoms with Crippen LogP contribution < -0.4 is 5.32 Å². The van der Waals surface area contributed by atoms with Crippen molar-refractivity contribution in [1.82, 2.24) is 10.2 Å². The molecule has 0 aromatic rings. The Morgan fingerprint density at radius 2 is 2.05 bits per heavy atom. The zero-order valence-electron chi connectivity index (χ0n) is 13.2. The van der Waals surface area contributed by atoms with Gasteiger partial charge in [0, 0.05) is 26.2 Å². The summed E-state index contributed by atoms with van der Waals surface area (Å²) in [5.41, 5.74) is -0.760. The van der Waals surface area contributed by atoms with Crippen LogP contribution in [0.2, 0.25) is 0 Å². The van der Waals surface area contributed by atoms with E-state index in [-0.39, 0.29) is 6.03 Å². The Morgan fingerprint density at radius 1 is 1.29 bits per heavy atom. The van der Waals surface area contributed by atoms with Gasteiger partial charge in [0.1, 0.15) is 0 Å². The molecule has 122 valence electrons. The average Bonchev–Trinajstić information content (AvgIpc) is 2.88. The maximum absolute atomic E-state index is 12.0. The van der Waals surface area contributed by atoms with E-state index in [1.807, 2.05) is 6.92 Å². The van der Waals surface area contributed by atoms with Crippen molar-refractivity contribution >= 4 is 12.0 Å². The number of carbonyl (C=O) groups is 2. The van der Waals surface area contributed by atoms with Crippen LogP contribution in [0.1, 0.15) is 46.0 Å². The lowest BCUT2D eigenvalue weighted by atomic mass is 9.83. The molecule has 1 fully saturated rings. The minimum absolute atomic E-state index is 0.187. The lowest BCUT2D eigenvalue weighted by Crippen LogP contribution is -2.42. The first-order valence-electron chi connectivity index (χ1n) is 7.89. The van der Waals surface area contributed by atoms with Crippen molar-refractivity contribution < 1.29 is 19.4 Å². The monoisotopic (exact) mass is 300 g/mol. The van der Waals surface area contributed by atoms with Crippen LogP contribution in [-0.4, -0.2) is 54.9 Å². The van der Waals surface area contributed by atoms with Crippen molar-refractivity contribution in [3.05, 3.63) is 0 Å². The van der Waals surface area contributed by atoms with Crippen molar-refractivity contribution in [2.45, 2.75) is 46.0 Å². The molecule has 1 aliphatic rings. The molecule has 2 amide bonds. The van der Waals surface area contributed by atoms with E-state index in [1.54, 1.807) is 4.90 Å². The SMILES string of the molecule is CCCCOCCNC(=O)N1CCC(CCC)(C(=O)O)C1. The van der Waals surface area contributed by atoms with Crippen LogP contribution in [0.25, 0.3) is 0 Å². The van der Waals surface area contributed by atoms with Crippen molar-refractivity contribution in [2.24, 2.45) is 5.41 Å². The van der Waals surface area contributed by atoms with Gasteiger partial charge in [0.05, 0.1) is 12.0 Å². The van der Waals surface area contributed by atoms with E-state index in [0.29, 0.717) is 45.7 Å². The van der Waals surface area contributed by atoms with Gasteiger partial charge in [0.15, 0.2) is 0 Å². The minimum Gasteiger partial charge on any atom is -0.481 e. The van der Waals surface area contributed by atoms with E-state index in [0.717, 1.165) is 19.3 Å². The van der Waals surface area contributed by atoms with Gasteiger partial charge in [0.25, 0.3) is 0 Å². The number of nitrogens with one attached hydrogen (secondary N) is 1. The molecule has 0 aliphatic carbocycles. The predicted molar refractivity (Wildman–Crippen MR) is 80.3 cm³/mol. The summed E-state index contributed by atoms with van der Waals surface area (Å²) in [6.07, 6.45) is 4.09. The fourth-order valence-corrected chi connectivity index (χ4v) is 2.70. The van der Waals surface area contributed by atoms with E-state index in [9.17, 15) is 14.7 Å². The van der Waals surface area contributed by atoms with Crippen molar-refractivity contribution in [2.75, 3.05) is 32.8 Å². The molecule has 21 heavy (non-hydrogen) atoms. The molecule has 0 spiro atoms. The quantitative estimate of drug-likeness (QED) is 0.639. The van der Waals surface area contributed by atoms with Crippen LogP contribution >= 0.6 is 0 Å². The first-order valence-corrected chi connectivity index (χ1v) is 7.89. The van der Waals surface area contributed by atoms with Gasteiger partial charge in [-0.25, -0.2) is 4.79 Å². The largest absolute Gasteiger partial charge is 0.481 e. The fourth-order valence-electron chi connectivity index (χ4n) is 2.70. The zero-order chi connectivity index (χ0) is 15.7. The van der Waals surface area contributed by atoms with Gasteiger partial charge in [-0.3, -0.25) is 4.79 Å². The van der Waals surface area contributed by atoms with Crippen LogP contribution in [0, 0.1) is 5.41 Å². The Kier molecular flexibility index (Phi) is 7.50. The molecule has 1 unspecified atom stereocenters. The highest BCUT2D eigenvalue weighted by Gasteiger charge is 2.45. The molecular weight excluding hydrogens is 272 g/mol. The Bertz CT molecular complexity index is 349. The third kappa shape index (κ3) is 5.19. The van der Waals surface area contributed by atoms with Gasteiger partial charge in [-0.05, 0) is 19.3 Å². The fraction of sp³-hybridized carbons (Fsp3) is 0.867. The smallest absolute Gasteiger partial charge is 0.317 e. The number of carboxylic acid groups (broad SMARTS) is 1. The third-order valence-electron chi connectivity index (χ3n) is 3.99. The highest BCUT2D eigenvalue weighted by atomic mass is 16.5. The van der Waals surface area contributed by atoms with Gasteiger partial charge < -0.3 is 20.1 Å². The summed E-state index contributed by atoms with van der Waals surface area (Å²) < 4.78 is 5.38. The predicted octanol–water partition coefficient (Wildman–Crippen LogP) is 2.09. The van der Waals surface area contributed by atoms with Crippen LogP contribution in [0.4, 0.5) is 4.79 Å². The first kappa shape index (κ1) is 17.8. The van der Waals surface area contributed by atoms with Crippen LogP contribution in [0.15, 0.2) is 0 Å². The maximum Gasteiger partial charge on any atom is 0.317 e.